The lowest BCUT2D eigenvalue weighted by Gasteiger charge is -2.04. The number of pyridine rings is 1. The van der Waals surface area contributed by atoms with Gasteiger partial charge in [0.2, 0.25) is 5.91 Å². The fourth-order valence-electron chi connectivity index (χ4n) is 1.37. The summed E-state index contributed by atoms with van der Waals surface area (Å²) in [4.78, 5) is 15.8. The zero-order chi connectivity index (χ0) is 14.8. The van der Waals surface area contributed by atoms with Gasteiger partial charge in [-0.2, -0.15) is 0 Å². The van der Waals surface area contributed by atoms with Crippen LogP contribution in [-0.4, -0.2) is 43.6 Å². The van der Waals surface area contributed by atoms with E-state index in [0.717, 1.165) is 10.8 Å². The Morgan fingerprint density at radius 1 is 1.24 bits per heavy atom. The number of amides is 1. The Balaban J connectivity index is 1.53. The number of hydrogen-bond acceptors (Lipinski definition) is 8. The molecule has 9 heteroatoms. The molecule has 0 aliphatic carbocycles. The van der Waals surface area contributed by atoms with E-state index >= 15 is 0 Å². The van der Waals surface area contributed by atoms with Gasteiger partial charge in [0, 0.05) is 31.3 Å². The van der Waals surface area contributed by atoms with Crippen LogP contribution in [0.15, 0.2) is 35.7 Å². The molecular formula is C12H14N6OS2. The summed E-state index contributed by atoms with van der Waals surface area (Å²) in [5.41, 5.74) is 0. The summed E-state index contributed by atoms with van der Waals surface area (Å²) in [6.45, 7) is 0.621. The van der Waals surface area contributed by atoms with E-state index < -0.39 is 0 Å². The topological polar surface area (TPSA) is 93.5 Å². The summed E-state index contributed by atoms with van der Waals surface area (Å²) >= 11 is 0. The quantitative estimate of drug-likeness (QED) is 0.571. The molecule has 1 N–H and O–H groups in total. The molecule has 2 aromatic rings. The Kier molecular flexibility index (Phi) is 6.89. The van der Waals surface area contributed by atoms with Crippen molar-refractivity contribution in [1.29, 1.82) is 0 Å². The number of carbonyl (C=O) groups is 1. The van der Waals surface area contributed by atoms with Crippen LogP contribution < -0.4 is 5.32 Å². The molecular weight excluding hydrogens is 308 g/mol. The average Bonchev–Trinajstić information content (AvgIpc) is 2.54. The average molecular weight is 322 g/mol. The van der Waals surface area contributed by atoms with Crippen molar-refractivity contribution < 1.29 is 4.79 Å². The SMILES string of the molecule is O=C(CCc1nncnn1)NCCSSc1ccccn1. The second-order valence-electron chi connectivity index (χ2n) is 3.89. The van der Waals surface area contributed by atoms with Gasteiger partial charge in [0.15, 0.2) is 12.2 Å². The summed E-state index contributed by atoms with van der Waals surface area (Å²) in [5.74, 6) is 1.27. The molecule has 0 unspecified atom stereocenters. The maximum Gasteiger partial charge on any atom is 0.220 e. The van der Waals surface area contributed by atoms with Crippen LogP contribution >= 0.6 is 21.6 Å². The molecule has 0 aromatic carbocycles. The van der Waals surface area contributed by atoms with Gasteiger partial charge in [-0.1, -0.05) is 16.9 Å². The lowest BCUT2D eigenvalue weighted by atomic mass is 10.3. The first kappa shape index (κ1) is 15.6. The minimum absolute atomic E-state index is 0.0223. The Morgan fingerprint density at radius 3 is 2.86 bits per heavy atom. The first-order valence-electron chi connectivity index (χ1n) is 6.31. The predicted molar refractivity (Wildman–Crippen MR) is 81.5 cm³/mol. The van der Waals surface area contributed by atoms with E-state index in [1.165, 1.54) is 6.33 Å². The summed E-state index contributed by atoms with van der Waals surface area (Å²) in [6.07, 6.45) is 3.81. The number of nitrogens with zero attached hydrogens (tertiary/aromatic N) is 5. The van der Waals surface area contributed by atoms with Crippen molar-refractivity contribution in [3.63, 3.8) is 0 Å². The monoisotopic (exact) mass is 322 g/mol. The summed E-state index contributed by atoms with van der Waals surface area (Å²) in [6, 6.07) is 5.79. The van der Waals surface area contributed by atoms with Crippen LogP contribution in [0.4, 0.5) is 0 Å². The maximum absolute atomic E-state index is 11.6. The third-order valence-electron chi connectivity index (χ3n) is 2.31. The second-order valence-corrected chi connectivity index (χ2v) is 6.32. The summed E-state index contributed by atoms with van der Waals surface area (Å²) in [7, 11) is 3.26. The molecule has 2 rings (SSSR count). The number of aromatic nitrogens is 5. The molecule has 0 aliphatic rings. The van der Waals surface area contributed by atoms with E-state index in [0.29, 0.717) is 25.2 Å². The Labute approximate surface area is 130 Å². The summed E-state index contributed by atoms with van der Waals surface area (Å²) in [5, 5.41) is 18.6. The summed E-state index contributed by atoms with van der Waals surface area (Å²) < 4.78 is 0. The van der Waals surface area contributed by atoms with Crippen molar-refractivity contribution in [2.45, 2.75) is 17.9 Å². The maximum atomic E-state index is 11.6. The third-order valence-corrected chi connectivity index (χ3v) is 4.58. The van der Waals surface area contributed by atoms with E-state index in [1.807, 2.05) is 18.2 Å². The van der Waals surface area contributed by atoms with Crippen molar-refractivity contribution in [1.82, 2.24) is 30.7 Å². The smallest absolute Gasteiger partial charge is 0.220 e. The molecule has 2 aromatic heterocycles. The van der Waals surface area contributed by atoms with Gasteiger partial charge in [-0.3, -0.25) is 4.79 Å². The molecule has 0 saturated carbocycles. The molecule has 0 saturated heterocycles. The molecule has 0 fully saturated rings. The van der Waals surface area contributed by atoms with Crippen LogP contribution in [0.2, 0.25) is 0 Å². The van der Waals surface area contributed by atoms with Crippen LogP contribution in [0.5, 0.6) is 0 Å². The molecule has 2 heterocycles. The van der Waals surface area contributed by atoms with Crippen LogP contribution in [0, 0.1) is 0 Å². The molecule has 0 bridgehead atoms. The van der Waals surface area contributed by atoms with Gasteiger partial charge >= 0.3 is 0 Å². The predicted octanol–water partition coefficient (Wildman–Crippen LogP) is 1.15. The fourth-order valence-corrected chi connectivity index (χ4v) is 3.16. The molecule has 1 amide bonds. The van der Waals surface area contributed by atoms with Gasteiger partial charge in [0.25, 0.3) is 0 Å². The van der Waals surface area contributed by atoms with Crippen molar-refractivity contribution in [2.75, 3.05) is 12.3 Å². The second kappa shape index (κ2) is 9.24. The normalized spacial score (nSPS) is 10.3. The third kappa shape index (κ3) is 6.50. The van der Waals surface area contributed by atoms with Crippen LogP contribution in [0.3, 0.4) is 0 Å². The number of aryl methyl sites for hydroxylation is 1. The molecule has 0 spiro atoms. The standard InChI is InChI=1S/C12H14N6OS2/c19-11(5-4-10-17-15-9-16-18-10)13-7-8-20-21-12-3-1-2-6-14-12/h1-3,6,9H,4-5,7-8H2,(H,13,19). The van der Waals surface area contributed by atoms with E-state index in [4.69, 9.17) is 0 Å². The van der Waals surface area contributed by atoms with Crippen molar-refractivity contribution in [2.24, 2.45) is 0 Å². The van der Waals surface area contributed by atoms with Gasteiger partial charge in [0.1, 0.15) is 5.03 Å². The number of hydrogen-bond donors (Lipinski definition) is 1. The zero-order valence-electron chi connectivity index (χ0n) is 11.2. The van der Waals surface area contributed by atoms with E-state index in [9.17, 15) is 4.79 Å². The lowest BCUT2D eigenvalue weighted by molar-refractivity contribution is -0.120. The fraction of sp³-hybridized carbons (Fsp3) is 0.333. The first-order chi connectivity index (χ1) is 10.3. The van der Waals surface area contributed by atoms with E-state index in [1.54, 1.807) is 27.8 Å². The molecule has 110 valence electrons. The number of carbonyl (C=O) groups excluding carboxylic acids is 1. The van der Waals surface area contributed by atoms with Gasteiger partial charge in [-0.25, -0.2) is 4.98 Å². The number of nitrogens with one attached hydrogen (secondary N) is 1. The van der Waals surface area contributed by atoms with Gasteiger partial charge in [0.05, 0.1) is 0 Å². The highest BCUT2D eigenvalue weighted by atomic mass is 33.1. The van der Waals surface area contributed by atoms with Crippen molar-refractivity contribution >= 4 is 27.5 Å². The van der Waals surface area contributed by atoms with Crippen LogP contribution in [-0.2, 0) is 11.2 Å². The molecule has 0 radical (unpaired) electrons. The lowest BCUT2D eigenvalue weighted by Crippen LogP contribution is -2.26. The largest absolute Gasteiger partial charge is 0.355 e. The Bertz CT molecular complexity index is 542. The minimum Gasteiger partial charge on any atom is -0.355 e. The number of rotatable bonds is 8. The van der Waals surface area contributed by atoms with Gasteiger partial charge in [-0.05, 0) is 22.9 Å². The van der Waals surface area contributed by atoms with E-state index in [-0.39, 0.29) is 5.91 Å². The van der Waals surface area contributed by atoms with Crippen LogP contribution in [0.25, 0.3) is 0 Å². The Morgan fingerprint density at radius 2 is 2.10 bits per heavy atom. The van der Waals surface area contributed by atoms with Crippen LogP contribution in [0.1, 0.15) is 12.2 Å². The van der Waals surface area contributed by atoms with E-state index in [2.05, 4.69) is 30.7 Å². The zero-order valence-corrected chi connectivity index (χ0v) is 12.8. The highest BCUT2D eigenvalue weighted by Crippen LogP contribution is 2.28. The first-order valence-corrected chi connectivity index (χ1v) is 8.63. The molecule has 0 aliphatic heterocycles. The van der Waals surface area contributed by atoms with Crippen molar-refractivity contribution in [3.05, 3.63) is 36.5 Å². The Hall–Kier alpha value is -1.74. The molecule has 0 atom stereocenters. The molecule has 7 nitrogen and oxygen atoms in total. The van der Waals surface area contributed by atoms with Gasteiger partial charge < -0.3 is 5.32 Å². The minimum atomic E-state index is -0.0223. The molecule has 21 heavy (non-hydrogen) atoms. The van der Waals surface area contributed by atoms with Crippen molar-refractivity contribution in [3.8, 4) is 0 Å². The van der Waals surface area contributed by atoms with Gasteiger partial charge in [-0.15, -0.1) is 20.4 Å². The highest BCUT2D eigenvalue weighted by Gasteiger charge is 2.04. The highest BCUT2D eigenvalue weighted by molar-refractivity contribution is 8.76.